The molecule has 0 saturated heterocycles. The first-order valence-corrected chi connectivity index (χ1v) is 6.29. The van der Waals surface area contributed by atoms with E-state index in [1.54, 1.807) is 23.6 Å². The molecule has 0 bridgehead atoms. The smallest absolute Gasteiger partial charge is 0.311 e. The highest BCUT2D eigenvalue weighted by molar-refractivity contribution is 7.12. The van der Waals surface area contributed by atoms with Crippen molar-refractivity contribution in [3.63, 3.8) is 0 Å². The zero-order valence-electron chi connectivity index (χ0n) is 10.1. The summed E-state index contributed by atoms with van der Waals surface area (Å²) in [4.78, 5) is 16.8. The lowest BCUT2D eigenvalue weighted by molar-refractivity contribution is -0.384. The van der Waals surface area contributed by atoms with Gasteiger partial charge in [0.25, 0.3) is 0 Å². The van der Waals surface area contributed by atoms with Gasteiger partial charge in [0, 0.05) is 22.0 Å². The van der Waals surface area contributed by atoms with Crippen LogP contribution in [0.1, 0.15) is 15.3 Å². The number of rotatable bonds is 4. The summed E-state index contributed by atoms with van der Waals surface area (Å²) in [5.74, 6) is 0.311. The van der Waals surface area contributed by atoms with Crippen LogP contribution in [-0.4, -0.2) is 9.91 Å². The highest BCUT2D eigenvalue weighted by Crippen LogP contribution is 2.24. The first-order chi connectivity index (χ1) is 8.58. The number of nitrogens with one attached hydrogen (secondary N) is 1. The molecule has 0 fully saturated rings. The minimum Gasteiger partial charge on any atom is -0.359 e. The predicted octanol–water partition coefficient (Wildman–Crippen LogP) is 3.28. The summed E-state index contributed by atoms with van der Waals surface area (Å²) in [7, 11) is 0. The van der Waals surface area contributed by atoms with Crippen molar-refractivity contribution in [2.45, 2.75) is 20.4 Å². The third-order valence-corrected chi connectivity index (χ3v) is 3.78. The standard InChI is InChI=1S/C12H13N3O2S/c1-8-6-10(18-9(8)2)7-14-12-11(15(16)17)4-3-5-13-12/h3-6H,7H2,1-2H3,(H,13,14). The number of thiophene rings is 1. The van der Waals surface area contributed by atoms with E-state index in [0.717, 1.165) is 4.88 Å². The van der Waals surface area contributed by atoms with Crippen LogP contribution >= 0.6 is 11.3 Å². The second-order valence-electron chi connectivity index (χ2n) is 3.93. The van der Waals surface area contributed by atoms with Crippen LogP contribution in [0, 0.1) is 24.0 Å². The summed E-state index contributed by atoms with van der Waals surface area (Å²) >= 11 is 1.69. The number of aromatic nitrogens is 1. The average Bonchev–Trinajstić information content (AvgIpc) is 2.66. The Kier molecular flexibility index (Phi) is 3.57. The van der Waals surface area contributed by atoms with Crippen molar-refractivity contribution >= 4 is 22.8 Å². The fourth-order valence-corrected chi connectivity index (χ4v) is 2.58. The summed E-state index contributed by atoms with van der Waals surface area (Å²) in [5, 5.41) is 13.8. The van der Waals surface area contributed by atoms with Crippen molar-refractivity contribution in [2.75, 3.05) is 5.32 Å². The molecule has 0 aliphatic heterocycles. The molecule has 0 spiro atoms. The molecule has 2 aromatic heterocycles. The molecule has 6 heteroatoms. The number of nitro groups is 1. The topological polar surface area (TPSA) is 68.1 Å². The van der Waals surface area contributed by atoms with Gasteiger partial charge in [0.1, 0.15) is 0 Å². The van der Waals surface area contributed by atoms with Gasteiger partial charge in [0.05, 0.1) is 11.5 Å². The van der Waals surface area contributed by atoms with E-state index in [9.17, 15) is 10.1 Å². The van der Waals surface area contributed by atoms with Crippen LogP contribution in [0.2, 0.25) is 0 Å². The Balaban J connectivity index is 2.13. The van der Waals surface area contributed by atoms with Crippen LogP contribution in [-0.2, 0) is 6.54 Å². The molecule has 2 aromatic rings. The Morgan fingerprint density at radius 2 is 2.28 bits per heavy atom. The fraction of sp³-hybridized carbons (Fsp3) is 0.250. The van der Waals surface area contributed by atoms with Crippen molar-refractivity contribution in [3.8, 4) is 0 Å². The second kappa shape index (κ2) is 5.14. The molecule has 94 valence electrons. The number of anilines is 1. The van der Waals surface area contributed by atoms with E-state index in [0.29, 0.717) is 12.4 Å². The molecule has 0 amide bonds. The van der Waals surface area contributed by atoms with Gasteiger partial charge >= 0.3 is 5.69 Å². The zero-order chi connectivity index (χ0) is 13.1. The molecule has 0 aliphatic carbocycles. The van der Waals surface area contributed by atoms with Gasteiger partial charge in [-0.2, -0.15) is 0 Å². The van der Waals surface area contributed by atoms with Crippen LogP contribution in [0.4, 0.5) is 11.5 Å². The minimum atomic E-state index is -0.430. The molecule has 2 rings (SSSR count). The largest absolute Gasteiger partial charge is 0.359 e. The maximum absolute atomic E-state index is 10.8. The van der Waals surface area contributed by atoms with Gasteiger partial charge in [-0.3, -0.25) is 10.1 Å². The fourth-order valence-electron chi connectivity index (χ4n) is 1.59. The van der Waals surface area contributed by atoms with Crippen LogP contribution in [0.25, 0.3) is 0 Å². The number of nitrogens with zero attached hydrogens (tertiary/aromatic N) is 2. The molecule has 0 saturated carbocycles. The van der Waals surface area contributed by atoms with Crippen LogP contribution in [0.5, 0.6) is 0 Å². The Morgan fingerprint density at radius 1 is 1.50 bits per heavy atom. The van der Waals surface area contributed by atoms with Gasteiger partial charge in [0.15, 0.2) is 0 Å². The molecular weight excluding hydrogens is 250 g/mol. The normalized spacial score (nSPS) is 10.3. The molecule has 0 atom stereocenters. The van der Waals surface area contributed by atoms with Gasteiger partial charge < -0.3 is 5.32 Å². The highest BCUT2D eigenvalue weighted by atomic mass is 32.1. The number of pyridine rings is 1. The van der Waals surface area contributed by atoms with Gasteiger partial charge in [-0.25, -0.2) is 4.98 Å². The lowest BCUT2D eigenvalue weighted by Crippen LogP contribution is -2.03. The number of hydrogen-bond acceptors (Lipinski definition) is 5. The van der Waals surface area contributed by atoms with Crippen molar-refractivity contribution < 1.29 is 4.92 Å². The molecule has 0 radical (unpaired) electrons. The van der Waals surface area contributed by atoms with E-state index in [-0.39, 0.29) is 5.69 Å². The lowest BCUT2D eigenvalue weighted by atomic mass is 10.3. The summed E-state index contributed by atoms with van der Waals surface area (Å²) in [6.45, 7) is 4.67. The summed E-state index contributed by atoms with van der Waals surface area (Å²) in [5.41, 5.74) is 1.25. The molecule has 1 N–H and O–H groups in total. The molecule has 0 aromatic carbocycles. The van der Waals surface area contributed by atoms with Crippen LogP contribution in [0.15, 0.2) is 24.4 Å². The first kappa shape index (κ1) is 12.5. The van der Waals surface area contributed by atoms with Gasteiger partial charge in [0.2, 0.25) is 5.82 Å². The molecule has 2 heterocycles. The molecule has 0 aliphatic rings. The van der Waals surface area contributed by atoms with Crippen LogP contribution in [0.3, 0.4) is 0 Å². The van der Waals surface area contributed by atoms with Crippen molar-refractivity contribution in [2.24, 2.45) is 0 Å². The Morgan fingerprint density at radius 3 is 2.89 bits per heavy atom. The molecular formula is C12H13N3O2S. The van der Waals surface area contributed by atoms with Gasteiger partial charge in [-0.05, 0) is 31.5 Å². The molecule has 0 unspecified atom stereocenters. The third-order valence-electron chi connectivity index (χ3n) is 2.63. The predicted molar refractivity (Wildman–Crippen MR) is 72.0 cm³/mol. The van der Waals surface area contributed by atoms with Gasteiger partial charge in [-0.1, -0.05) is 0 Å². The maximum Gasteiger partial charge on any atom is 0.311 e. The third kappa shape index (κ3) is 2.65. The molecule has 5 nitrogen and oxygen atoms in total. The summed E-state index contributed by atoms with van der Waals surface area (Å²) in [6.07, 6.45) is 1.54. The SMILES string of the molecule is Cc1cc(CNc2ncccc2[N+](=O)[O-])sc1C. The minimum absolute atomic E-state index is 0.00231. The Bertz CT molecular complexity index is 561. The Labute approximate surface area is 109 Å². The second-order valence-corrected chi connectivity index (χ2v) is 5.27. The van der Waals surface area contributed by atoms with E-state index in [1.165, 1.54) is 16.5 Å². The van der Waals surface area contributed by atoms with E-state index >= 15 is 0 Å². The summed E-state index contributed by atoms with van der Waals surface area (Å²) < 4.78 is 0. The van der Waals surface area contributed by atoms with E-state index in [2.05, 4.69) is 30.2 Å². The first-order valence-electron chi connectivity index (χ1n) is 5.47. The van der Waals surface area contributed by atoms with E-state index < -0.39 is 4.92 Å². The van der Waals surface area contributed by atoms with Crippen LogP contribution < -0.4 is 5.32 Å². The highest BCUT2D eigenvalue weighted by Gasteiger charge is 2.13. The number of hydrogen-bond donors (Lipinski definition) is 1. The number of aryl methyl sites for hydroxylation is 2. The monoisotopic (exact) mass is 263 g/mol. The van der Waals surface area contributed by atoms with E-state index in [1.807, 2.05) is 0 Å². The van der Waals surface area contributed by atoms with Gasteiger partial charge in [-0.15, -0.1) is 11.3 Å². The zero-order valence-corrected chi connectivity index (χ0v) is 11.0. The van der Waals surface area contributed by atoms with Crippen molar-refractivity contribution in [1.29, 1.82) is 0 Å². The van der Waals surface area contributed by atoms with Crippen molar-refractivity contribution in [3.05, 3.63) is 49.8 Å². The quantitative estimate of drug-likeness (QED) is 0.679. The summed E-state index contributed by atoms with van der Waals surface area (Å²) in [6, 6.07) is 5.09. The lowest BCUT2D eigenvalue weighted by Gasteiger charge is -2.03. The average molecular weight is 263 g/mol. The maximum atomic E-state index is 10.8. The van der Waals surface area contributed by atoms with E-state index in [4.69, 9.17) is 0 Å². The van der Waals surface area contributed by atoms with Crippen molar-refractivity contribution in [1.82, 2.24) is 4.98 Å². The molecule has 18 heavy (non-hydrogen) atoms. The Hall–Kier alpha value is -1.95.